The number of fused-ring (bicyclic) bond motifs is 1. The molecule has 7 heteroatoms. The molecule has 5 nitrogen and oxygen atoms in total. The maximum atomic E-state index is 6.10. The lowest BCUT2D eigenvalue weighted by Gasteiger charge is -2.08. The molecule has 0 bridgehead atoms. The van der Waals surface area contributed by atoms with Gasteiger partial charge in [0.15, 0.2) is 5.82 Å². The first-order valence-corrected chi connectivity index (χ1v) is 8.99. The van der Waals surface area contributed by atoms with Gasteiger partial charge in [-0.3, -0.25) is 0 Å². The van der Waals surface area contributed by atoms with E-state index >= 15 is 0 Å². The molecule has 0 unspecified atom stereocenters. The van der Waals surface area contributed by atoms with E-state index in [0.29, 0.717) is 15.6 Å². The van der Waals surface area contributed by atoms with E-state index < -0.39 is 0 Å². The van der Waals surface area contributed by atoms with Crippen LogP contribution in [0.4, 0.5) is 0 Å². The average Bonchev–Trinajstić information content (AvgIpc) is 3.06. The molecule has 0 saturated carbocycles. The van der Waals surface area contributed by atoms with Crippen molar-refractivity contribution in [2.24, 2.45) is 5.10 Å². The molecule has 0 aliphatic heterocycles. The minimum atomic E-state index is 0.389. The molecule has 0 saturated heterocycles. The van der Waals surface area contributed by atoms with Gasteiger partial charge < -0.3 is 4.74 Å². The number of ether oxygens (including phenoxy) is 1. The van der Waals surface area contributed by atoms with Crippen molar-refractivity contribution in [1.82, 2.24) is 14.9 Å². The molecule has 0 radical (unpaired) electrons. The molecule has 0 spiro atoms. The lowest BCUT2D eigenvalue weighted by atomic mass is 10.0. The Morgan fingerprint density at radius 2 is 2.00 bits per heavy atom. The van der Waals surface area contributed by atoms with Gasteiger partial charge in [-0.15, -0.1) is 0 Å². The standard InChI is InChI=1S/C20H15ClN4OS/c1-26-18-10-9-13-5-2-3-8-16(13)17(18)12-22-25-19(23-24-20(25)27)14-6-4-7-15(21)11-14/h2-12H,1H3,(H,24,27)/b22-12-. The number of halogens is 1. The van der Waals surface area contributed by atoms with Crippen LogP contribution in [0.2, 0.25) is 5.02 Å². The largest absolute Gasteiger partial charge is 0.496 e. The summed E-state index contributed by atoms with van der Waals surface area (Å²) >= 11 is 11.4. The fourth-order valence-corrected chi connectivity index (χ4v) is 3.28. The second-order valence-corrected chi connectivity index (χ2v) is 6.64. The first kappa shape index (κ1) is 17.5. The number of hydrogen-bond acceptors (Lipinski definition) is 4. The topological polar surface area (TPSA) is 55.2 Å². The highest BCUT2D eigenvalue weighted by Gasteiger charge is 2.10. The highest BCUT2D eigenvalue weighted by molar-refractivity contribution is 7.71. The van der Waals surface area contributed by atoms with Gasteiger partial charge in [0.05, 0.1) is 13.3 Å². The van der Waals surface area contributed by atoms with Crippen LogP contribution in [0.1, 0.15) is 5.56 Å². The van der Waals surface area contributed by atoms with Crippen LogP contribution in [0, 0.1) is 4.77 Å². The molecular formula is C20H15ClN4OS. The molecule has 0 aliphatic rings. The molecular weight excluding hydrogens is 380 g/mol. The summed E-state index contributed by atoms with van der Waals surface area (Å²) in [4.78, 5) is 0. The molecule has 4 rings (SSSR count). The zero-order valence-electron chi connectivity index (χ0n) is 14.4. The number of aromatic amines is 1. The number of hydrogen-bond donors (Lipinski definition) is 1. The first-order chi connectivity index (χ1) is 13.2. The summed E-state index contributed by atoms with van der Waals surface area (Å²) in [6, 6.07) is 19.4. The average molecular weight is 395 g/mol. The number of benzene rings is 3. The second-order valence-electron chi connectivity index (χ2n) is 5.82. The monoisotopic (exact) mass is 394 g/mol. The summed E-state index contributed by atoms with van der Waals surface area (Å²) < 4.78 is 7.48. The van der Waals surface area contributed by atoms with Gasteiger partial charge in [-0.2, -0.15) is 14.9 Å². The summed E-state index contributed by atoms with van der Waals surface area (Å²) in [5, 5.41) is 14.4. The summed E-state index contributed by atoms with van der Waals surface area (Å²) in [6.07, 6.45) is 1.74. The SMILES string of the molecule is COc1ccc2ccccc2c1/C=N\n1c(-c2cccc(Cl)c2)n[nH]c1=S. The van der Waals surface area contributed by atoms with Crippen LogP contribution in [0.3, 0.4) is 0 Å². The van der Waals surface area contributed by atoms with Crippen LogP contribution in [-0.2, 0) is 0 Å². The van der Waals surface area contributed by atoms with Crippen LogP contribution < -0.4 is 4.74 Å². The molecule has 4 aromatic rings. The number of nitrogens with zero attached hydrogens (tertiary/aromatic N) is 3. The van der Waals surface area contributed by atoms with E-state index in [1.54, 1.807) is 24.1 Å². The lowest BCUT2D eigenvalue weighted by Crippen LogP contribution is -1.97. The van der Waals surface area contributed by atoms with Crippen molar-refractivity contribution in [1.29, 1.82) is 0 Å². The van der Waals surface area contributed by atoms with E-state index in [0.717, 1.165) is 27.6 Å². The summed E-state index contributed by atoms with van der Waals surface area (Å²) in [5.74, 6) is 1.31. The molecule has 1 aromatic heterocycles. The van der Waals surface area contributed by atoms with Crippen molar-refractivity contribution in [3.8, 4) is 17.1 Å². The Labute approximate surface area is 165 Å². The molecule has 0 aliphatic carbocycles. The van der Waals surface area contributed by atoms with Gasteiger partial charge in [-0.1, -0.05) is 54.1 Å². The quantitative estimate of drug-likeness (QED) is 0.377. The Morgan fingerprint density at radius 3 is 2.81 bits per heavy atom. The van der Waals surface area contributed by atoms with Gasteiger partial charge >= 0.3 is 0 Å². The smallest absolute Gasteiger partial charge is 0.216 e. The number of nitrogens with one attached hydrogen (secondary N) is 1. The Kier molecular flexibility index (Phi) is 4.75. The molecule has 0 atom stereocenters. The minimum Gasteiger partial charge on any atom is -0.496 e. The van der Waals surface area contributed by atoms with Crippen molar-refractivity contribution < 1.29 is 4.74 Å². The Hall–Kier alpha value is -2.96. The van der Waals surface area contributed by atoms with E-state index in [4.69, 9.17) is 28.6 Å². The fraction of sp³-hybridized carbons (Fsp3) is 0.0500. The van der Waals surface area contributed by atoms with Gasteiger partial charge in [0.1, 0.15) is 5.75 Å². The molecule has 1 heterocycles. The highest BCUT2D eigenvalue weighted by atomic mass is 35.5. The third-order valence-corrected chi connectivity index (χ3v) is 4.69. The zero-order chi connectivity index (χ0) is 18.8. The third kappa shape index (κ3) is 3.37. The van der Waals surface area contributed by atoms with Gasteiger partial charge in [-0.05, 0) is 41.2 Å². The summed E-state index contributed by atoms with van der Waals surface area (Å²) in [6.45, 7) is 0. The zero-order valence-corrected chi connectivity index (χ0v) is 16.0. The Balaban J connectivity index is 1.85. The van der Waals surface area contributed by atoms with Gasteiger partial charge in [0.2, 0.25) is 4.77 Å². The van der Waals surface area contributed by atoms with E-state index in [9.17, 15) is 0 Å². The fourth-order valence-electron chi connectivity index (χ4n) is 2.92. The molecule has 0 amide bonds. The van der Waals surface area contributed by atoms with Crippen molar-refractivity contribution in [2.45, 2.75) is 0 Å². The van der Waals surface area contributed by atoms with Crippen LogP contribution in [-0.4, -0.2) is 28.2 Å². The minimum absolute atomic E-state index is 0.389. The van der Waals surface area contributed by atoms with Crippen molar-refractivity contribution in [3.63, 3.8) is 0 Å². The lowest BCUT2D eigenvalue weighted by molar-refractivity contribution is 0.415. The molecule has 134 valence electrons. The van der Waals surface area contributed by atoms with E-state index in [1.165, 1.54) is 0 Å². The Morgan fingerprint density at radius 1 is 1.15 bits per heavy atom. The molecule has 1 N–H and O–H groups in total. The van der Waals surface area contributed by atoms with Gasteiger partial charge in [-0.25, -0.2) is 5.10 Å². The number of H-pyrrole nitrogens is 1. The number of aromatic nitrogens is 3. The van der Waals surface area contributed by atoms with Crippen LogP contribution in [0.25, 0.3) is 22.2 Å². The van der Waals surface area contributed by atoms with Gasteiger partial charge in [0, 0.05) is 16.1 Å². The summed E-state index contributed by atoms with van der Waals surface area (Å²) in [7, 11) is 1.64. The predicted octanol–water partition coefficient (Wildman–Crippen LogP) is 5.31. The molecule has 3 aromatic carbocycles. The number of methoxy groups -OCH3 is 1. The van der Waals surface area contributed by atoms with E-state index in [-0.39, 0.29) is 0 Å². The van der Waals surface area contributed by atoms with Crippen LogP contribution >= 0.6 is 23.8 Å². The normalized spacial score (nSPS) is 11.3. The summed E-state index contributed by atoms with van der Waals surface area (Å²) in [5.41, 5.74) is 1.69. The van der Waals surface area contributed by atoms with Crippen LogP contribution in [0.15, 0.2) is 65.8 Å². The maximum absolute atomic E-state index is 6.10. The molecule has 27 heavy (non-hydrogen) atoms. The van der Waals surface area contributed by atoms with E-state index in [2.05, 4.69) is 15.3 Å². The second kappa shape index (κ2) is 7.34. The van der Waals surface area contributed by atoms with E-state index in [1.807, 2.05) is 54.6 Å². The van der Waals surface area contributed by atoms with Crippen molar-refractivity contribution in [2.75, 3.05) is 7.11 Å². The third-order valence-electron chi connectivity index (χ3n) is 4.19. The first-order valence-electron chi connectivity index (χ1n) is 8.21. The number of rotatable bonds is 4. The Bertz CT molecular complexity index is 1210. The highest BCUT2D eigenvalue weighted by Crippen LogP contribution is 2.27. The van der Waals surface area contributed by atoms with Crippen LogP contribution in [0.5, 0.6) is 5.75 Å². The predicted molar refractivity (Wildman–Crippen MR) is 111 cm³/mol. The van der Waals surface area contributed by atoms with Crippen molar-refractivity contribution in [3.05, 3.63) is 76.0 Å². The maximum Gasteiger partial charge on any atom is 0.216 e. The van der Waals surface area contributed by atoms with Gasteiger partial charge in [0.25, 0.3) is 0 Å². The molecule has 0 fully saturated rings. The van der Waals surface area contributed by atoms with Crippen molar-refractivity contribution >= 4 is 40.8 Å².